The molecule has 11 nitrogen and oxygen atoms in total. The summed E-state index contributed by atoms with van der Waals surface area (Å²) in [5.41, 5.74) is -2.50. The zero-order valence-electron chi connectivity index (χ0n) is 21.6. The molecule has 0 rings (SSSR count). The quantitative estimate of drug-likeness (QED) is 0.345. The van der Waals surface area contributed by atoms with Gasteiger partial charge in [0.05, 0.1) is 0 Å². The van der Waals surface area contributed by atoms with E-state index >= 15 is 0 Å². The van der Waals surface area contributed by atoms with Crippen molar-refractivity contribution in [3.8, 4) is 0 Å². The summed E-state index contributed by atoms with van der Waals surface area (Å²) in [5, 5.41) is 11.2. The first-order chi connectivity index (χ1) is 15.2. The number of hydrogen-bond donors (Lipinski definition) is 2. The molecule has 11 heteroatoms. The Kier molecular flexibility index (Phi) is 11.5. The van der Waals surface area contributed by atoms with Gasteiger partial charge in [-0.25, -0.2) is 14.4 Å². The molecule has 0 bridgehead atoms. The molecule has 0 aromatic carbocycles. The predicted molar refractivity (Wildman–Crippen MR) is 121 cm³/mol. The van der Waals surface area contributed by atoms with E-state index in [0.717, 1.165) is 0 Å². The number of carboxylic acids is 1. The predicted octanol–water partition coefficient (Wildman–Crippen LogP) is 3.12. The molecule has 196 valence electrons. The summed E-state index contributed by atoms with van der Waals surface area (Å²) >= 11 is 0. The fraction of sp³-hybridized carbons (Fsp3) is 0.783. The summed E-state index contributed by atoms with van der Waals surface area (Å²) in [6.45, 7) is 14.8. The molecule has 0 heterocycles. The van der Waals surface area contributed by atoms with E-state index in [4.69, 9.17) is 24.1 Å². The molecule has 0 aliphatic rings. The van der Waals surface area contributed by atoms with Crippen molar-refractivity contribution in [1.29, 1.82) is 0 Å². The van der Waals surface area contributed by atoms with E-state index in [1.807, 2.05) is 0 Å². The highest BCUT2D eigenvalue weighted by Gasteiger charge is 2.33. The van der Waals surface area contributed by atoms with E-state index in [0.29, 0.717) is 0 Å². The lowest BCUT2D eigenvalue weighted by Crippen LogP contribution is -2.46. The van der Waals surface area contributed by atoms with Crippen LogP contribution in [0.25, 0.3) is 0 Å². The lowest BCUT2D eigenvalue weighted by molar-refractivity contribution is -0.166. The van der Waals surface area contributed by atoms with Crippen molar-refractivity contribution in [2.75, 3.05) is 0 Å². The molecule has 0 spiro atoms. The summed E-state index contributed by atoms with van der Waals surface area (Å²) in [6.07, 6.45) is -3.76. The van der Waals surface area contributed by atoms with Gasteiger partial charge in [0.25, 0.3) is 0 Å². The third kappa shape index (κ3) is 15.9. The number of nitrogens with one attached hydrogen (secondary N) is 1. The maximum absolute atomic E-state index is 12.6. The monoisotopic (exact) mass is 489 g/mol. The van der Waals surface area contributed by atoms with Crippen molar-refractivity contribution >= 4 is 30.0 Å². The van der Waals surface area contributed by atoms with Crippen LogP contribution >= 0.6 is 0 Å². The number of carbonyl (C=O) groups is 5. The fourth-order valence-electron chi connectivity index (χ4n) is 2.43. The van der Waals surface area contributed by atoms with Crippen molar-refractivity contribution in [2.24, 2.45) is 0 Å². The highest BCUT2D eigenvalue weighted by Crippen LogP contribution is 2.16. The second kappa shape index (κ2) is 12.6. The highest BCUT2D eigenvalue weighted by molar-refractivity contribution is 5.84. The third-order valence-corrected chi connectivity index (χ3v) is 3.58. The van der Waals surface area contributed by atoms with Gasteiger partial charge in [-0.2, -0.15) is 0 Å². The van der Waals surface area contributed by atoms with Crippen LogP contribution in [0.5, 0.6) is 0 Å². The van der Waals surface area contributed by atoms with E-state index < -0.39 is 65.3 Å². The molecule has 2 atom stereocenters. The smallest absolute Gasteiger partial charge is 0.408 e. The molecule has 2 N–H and O–H groups in total. The maximum atomic E-state index is 12.6. The van der Waals surface area contributed by atoms with Crippen LogP contribution in [-0.2, 0) is 38.1 Å². The minimum atomic E-state index is -1.47. The van der Waals surface area contributed by atoms with Crippen LogP contribution in [0.4, 0.5) is 4.79 Å². The van der Waals surface area contributed by atoms with Gasteiger partial charge in [0.15, 0.2) is 0 Å². The second-order valence-corrected chi connectivity index (χ2v) is 10.7. The molecule has 0 saturated heterocycles. The van der Waals surface area contributed by atoms with Gasteiger partial charge in [-0.3, -0.25) is 9.59 Å². The maximum Gasteiger partial charge on any atom is 0.408 e. The number of hydrogen-bond acceptors (Lipinski definition) is 9. The molecule has 0 aliphatic heterocycles. The van der Waals surface area contributed by atoms with Crippen LogP contribution in [0.15, 0.2) is 0 Å². The van der Waals surface area contributed by atoms with E-state index in [9.17, 15) is 24.0 Å². The fourth-order valence-corrected chi connectivity index (χ4v) is 2.43. The number of aliphatic carboxylic acids is 1. The zero-order valence-corrected chi connectivity index (χ0v) is 21.6. The van der Waals surface area contributed by atoms with Crippen LogP contribution in [0.3, 0.4) is 0 Å². The van der Waals surface area contributed by atoms with Gasteiger partial charge in [0.2, 0.25) is 6.10 Å². The van der Waals surface area contributed by atoms with Crippen LogP contribution in [0, 0.1) is 0 Å². The second-order valence-electron chi connectivity index (χ2n) is 10.7. The zero-order chi connectivity index (χ0) is 26.9. The van der Waals surface area contributed by atoms with E-state index in [1.165, 1.54) is 0 Å². The first kappa shape index (κ1) is 31.1. The lowest BCUT2D eigenvalue weighted by atomic mass is 10.1. The molecular weight excluding hydrogens is 450 g/mol. The Morgan fingerprint density at radius 2 is 1.18 bits per heavy atom. The Morgan fingerprint density at radius 1 is 0.706 bits per heavy atom. The average Bonchev–Trinajstić information content (AvgIpc) is 2.57. The number of esters is 3. The van der Waals surface area contributed by atoms with Gasteiger partial charge in [0, 0.05) is 19.3 Å². The van der Waals surface area contributed by atoms with Crippen LogP contribution < -0.4 is 5.32 Å². The van der Waals surface area contributed by atoms with Crippen LogP contribution in [0.1, 0.15) is 88.0 Å². The number of rotatable bonds is 10. The van der Waals surface area contributed by atoms with Crippen molar-refractivity contribution in [2.45, 2.75) is 117 Å². The number of ether oxygens (including phenoxy) is 4. The summed E-state index contributed by atoms with van der Waals surface area (Å²) in [7, 11) is 0. The number of carboxylic acid groups (broad SMARTS) is 1. The molecule has 0 aromatic rings. The summed E-state index contributed by atoms with van der Waals surface area (Å²) < 4.78 is 20.9. The van der Waals surface area contributed by atoms with E-state index in [1.54, 1.807) is 62.3 Å². The molecule has 0 fully saturated rings. The Balaban J connectivity index is 5.43. The molecule has 0 aromatic heterocycles. The van der Waals surface area contributed by atoms with Gasteiger partial charge >= 0.3 is 30.0 Å². The van der Waals surface area contributed by atoms with Gasteiger partial charge in [-0.1, -0.05) is 0 Å². The average molecular weight is 490 g/mol. The minimum absolute atomic E-state index is 0.219. The van der Waals surface area contributed by atoms with Crippen molar-refractivity contribution in [3.05, 3.63) is 0 Å². The van der Waals surface area contributed by atoms with Crippen molar-refractivity contribution < 1.29 is 48.0 Å². The molecule has 0 aliphatic carbocycles. The van der Waals surface area contributed by atoms with Gasteiger partial charge < -0.3 is 29.4 Å². The van der Waals surface area contributed by atoms with Gasteiger partial charge in [-0.05, 0) is 68.7 Å². The van der Waals surface area contributed by atoms with Crippen LogP contribution in [0.2, 0.25) is 0 Å². The minimum Gasteiger partial charge on any atom is -0.481 e. The summed E-state index contributed by atoms with van der Waals surface area (Å²) in [4.78, 5) is 60.5. The van der Waals surface area contributed by atoms with Crippen LogP contribution in [-0.4, -0.2) is 64.0 Å². The SMILES string of the molecule is CC(C)(C)OC(=O)CC[C@H](OC(=O)N[C@@H](CCC(=O)O)C(=O)OC(C)(C)C)C(=O)OC(C)(C)C. The standard InChI is InChI=1S/C23H39NO10/c1-21(2,3)32-17(27)13-11-15(19(29)34-23(7,8)9)31-20(30)24-14(10-12-16(25)26)18(28)33-22(4,5)6/h14-15H,10-13H2,1-9H3,(H,24,30)(H,25,26)/t14-,15-/m0/s1. The normalized spacial score (nSPS) is 13.8. The van der Waals surface area contributed by atoms with Gasteiger partial charge in [-0.15, -0.1) is 0 Å². The van der Waals surface area contributed by atoms with Crippen molar-refractivity contribution in [3.63, 3.8) is 0 Å². The van der Waals surface area contributed by atoms with E-state index in [2.05, 4.69) is 5.32 Å². The topological polar surface area (TPSA) is 155 Å². The Labute approximate surface area is 200 Å². The molecule has 0 unspecified atom stereocenters. The summed E-state index contributed by atoms with van der Waals surface area (Å²) in [6, 6.07) is -1.33. The largest absolute Gasteiger partial charge is 0.481 e. The Hall–Kier alpha value is -2.85. The number of carbonyl (C=O) groups excluding carboxylic acids is 4. The molecule has 0 radical (unpaired) electrons. The third-order valence-electron chi connectivity index (χ3n) is 3.58. The van der Waals surface area contributed by atoms with E-state index in [-0.39, 0.29) is 19.3 Å². The number of alkyl carbamates (subject to hydrolysis) is 1. The molecular formula is C23H39NO10. The van der Waals surface area contributed by atoms with Gasteiger partial charge in [0.1, 0.15) is 22.8 Å². The first-order valence-corrected chi connectivity index (χ1v) is 11.0. The number of amides is 1. The molecule has 1 amide bonds. The lowest BCUT2D eigenvalue weighted by Gasteiger charge is -2.26. The first-order valence-electron chi connectivity index (χ1n) is 11.0. The Bertz CT molecular complexity index is 740. The highest BCUT2D eigenvalue weighted by atomic mass is 16.6. The molecule has 0 saturated carbocycles. The molecule has 34 heavy (non-hydrogen) atoms. The summed E-state index contributed by atoms with van der Waals surface area (Å²) in [5.74, 6) is -3.51. The Morgan fingerprint density at radius 3 is 1.62 bits per heavy atom. The van der Waals surface area contributed by atoms with Crippen molar-refractivity contribution in [1.82, 2.24) is 5.32 Å².